The zero-order valence-corrected chi connectivity index (χ0v) is 13.3. The van der Waals surface area contributed by atoms with Gasteiger partial charge in [0.05, 0.1) is 5.56 Å². The van der Waals surface area contributed by atoms with Crippen LogP contribution in [-0.4, -0.2) is 12.1 Å². The first kappa shape index (κ1) is 14.8. The summed E-state index contributed by atoms with van der Waals surface area (Å²) < 4.78 is 19.4. The molecule has 4 heteroatoms. The zero-order valence-electron chi connectivity index (χ0n) is 12.6. The number of benzene rings is 1. The molecular formula is C17H20ClFO2. The molecule has 0 N–H and O–H groups in total. The smallest absolute Gasteiger partial charge is 0.341 e. The van der Waals surface area contributed by atoms with Gasteiger partial charge in [-0.3, -0.25) is 0 Å². The van der Waals surface area contributed by atoms with Crippen LogP contribution in [0.25, 0.3) is 0 Å². The van der Waals surface area contributed by atoms with Crippen molar-refractivity contribution in [3.8, 4) is 0 Å². The molecule has 21 heavy (non-hydrogen) atoms. The molecule has 0 heterocycles. The Kier molecular flexibility index (Phi) is 3.32. The fraction of sp³-hybridized carbons (Fsp3) is 0.588. The highest BCUT2D eigenvalue weighted by atomic mass is 35.5. The van der Waals surface area contributed by atoms with Crippen molar-refractivity contribution in [2.45, 2.75) is 46.1 Å². The summed E-state index contributed by atoms with van der Waals surface area (Å²) in [5, 5.41) is 0.336. The maximum absolute atomic E-state index is 13.8. The molecule has 2 nitrogen and oxygen atoms in total. The van der Waals surface area contributed by atoms with Crippen LogP contribution in [0.4, 0.5) is 4.39 Å². The van der Waals surface area contributed by atoms with Crippen molar-refractivity contribution in [3.63, 3.8) is 0 Å². The molecule has 1 aromatic carbocycles. The van der Waals surface area contributed by atoms with Crippen molar-refractivity contribution < 1.29 is 13.9 Å². The number of fused-ring (bicyclic) bond motifs is 2. The molecule has 0 amide bonds. The van der Waals surface area contributed by atoms with Crippen LogP contribution < -0.4 is 0 Å². The molecule has 3 atom stereocenters. The second-order valence-electron chi connectivity index (χ2n) is 7.13. The van der Waals surface area contributed by atoms with Crippen LogP contribution in [-0.2, 0) is 4.74 Å². The molecule has 0 aromatic heterocycles. The van der Waals surface area contributed by atoms with E-state index < -0.39 is 11.8 Å². The third kappa shape index (κ3) is 2.09. The maximum atomic E-state index is 13.8. The highest BCUT2D eigenvalue weighted by Crippen LogP contribution is 2.66. The summed E-state index contributed by atoms with van der Waals surface area (Å²) in [6.07, 6.45) is 2.97. The molecule has 3 rings (SSSR count). The van der Waals surface area contributed by atoms with Crippen LogP contribution in [0.5, 0.6) is 0 Å². The summed E-state index contributed by atoms with van der Waals surface area (Å²) >= 11 is 5.84. The van der Waals surface area contributed by atoms with Gasteiger partial charge in [-0.15, -0.1) is 0 Å². The van der Waals surface area contributed by atoms with E-state index >= 15 is 0 Å². The second-order valence-corrected chi connectivity index (χ2v) is 7.57. The Hall–Kier alpha value is -1.09. The Labute approximate surface area is 129 Å². The van der Waals surface area contributed by atoms with Gasteiger partial charge in [-0.05, 0) is 48.8 Å². The van der Waals surface area contributed by atoms with E-state index in [-0.39, 0.29) is 22.5 Å². The quantitative estimate of drug-likeness (QED) is 0.730. The number of carbonyl (C=O) groups is 1. The molecule has 2 saturated carbocycles. The Morgan fingerprint density at radius 2 is 2.10 bits per heavy atom. The van der Waals surface area contributed by atoms with Crippen molar-refractivity contribution in [1.29, 1.82) is 0 Å². The summed E-state index contributed by atoms with van der Waals surface area (Å²) in [6, 6.07) is 3.96. The molecule has 2 aliphatic carbocycles. The van der Waals surface area contributed by atoms with E-state index in [0.29, 0.717) is 10.9 Å². The molecule has 0 radical (unpaired) electrons. The van der Waals surface area contributed by atoms with Crippen molar-refractivity contribution in [2.75, 3.05) is 0 Å². The molecule has 0 spiro atoms. The van der Waals surface area contributed by atoms with Crippen LogP contribution >= 0.6 is 11.6 Å². The molecule has 3 unspecified atom stereocenters. The second kappa shape index (κ2) is 4.70. The molecular weight excluding hydrogens is 291 g/mol. The lowest BCUT2D eigenvalue weighted by Crippen LogP contribution is -2.38. The van der Waals surface area contributed by atoms with Gasteiger partial charge < -0.3 is 4.74 Å². The zero-order chi connectivity index (χ0) is 15.4. The highest BCUT2D eigenvalue weighted by Gasteiger charge is 2.62. The van der Waals surface area contributed by atoms with Crippen molar-refractivity contribution >= 4 is 17.6 Å². The number of rotatable bonds is 2. The normalized spacial score (nSPS) is 33.2. The molecule has 2 fully saturated rings. The first-order valence-electron chi connectivity index (χ1n) is 7.42. The van der Waals surface area contributed by atoms with Crippen LogP contribution in [0.1, 0.15) is 50.4 Å². The number of carbonyl (C=O) groups excluding carboxylic acids is 1. The molecule has 1 aromatic rings. The number of hydrogen-bond donors (Lipinski definition) is 0. The Morgan fingerprint density at radius 3 is 2.67 bits per heavy atom. The van der Waals surface area contributed by atoms with Crippen LogP contribution in [0, 0.1) is 22.6 Å². The molecule has 2 bridgehead atoms. The van der Waals surface area contributed by atoms with Gasteiger partial charge in [-0.25, -0.2) is 9.18 Å². The minimum Gasteiger partial charge on any atom is -0.458 e. The fourth-order valence-electron chi connectivity index (χ4n) is 4.16. The predicted molar refractivity (Wildman–Crippen MR) is 79.8 cm³/mol. The molecule has 0 aliphatic heterocycles. The van der Waals surface area contributed by atoms with Gasteiger partial charge in [0, 0.05) is 10.4 Å². The molecule has 0 saturated heterocycles. The Bertz CT molecular complexity index is 598. The topological polar surface area (TPSA) is 26.3 Å². The lowest BCUT2D eigenvalue weighted by atomic mass is 9.70. The minimum atomic E-state index is -0.607. The standard InChI is InChI=1S/C17H20ClFO2/c1-16(2)10-6-7-17(16,3)14(8-10)21-15(20)12-9-11(18)4-5-13(12)19/h4-5,9-10,14H,6-8H2,1-3H3. The van der Waals surface area contributed by atoms with E-state index in [9.17, 15) is 9.18 Å². The van der Waals surface area contributed by atoms with Crippen LogP contribution in [0.3, 0.4) is 0 Å². The Balaban J connectivity index is 1.82. The minimum absolute atomic E-state index is 0.0254. The van der Waals surface area contributed by atoms with E-state index in [4.69, 9.17) is 16.3 Å². The van der Waals surface area contributed by atoms with Crippen molar-refractivity contribution in [3.05, 3.63) is 34.6 Å². The van der Waals surface area contributed by atoms with Crippen molar-refractivity contribution in [2.24, 2.45) is 16.7 Å². The summed E-state index contributed by atoms with van der Waals surface area (Å²) in [5.74, 6) is -0.619. The van der Waals surface area contributed by atoms with Gasteiger partial charge in [0.2, 0.25) is 0 Å². The van der Waals surface area contributed by atoms with Gasteiger partial charge in [0.25, 0.3) is 0 Å². The maximum Gasteiger partial charge on any atom is 0.341 e. The van der Waals surface area contributed by atoms with Gasteiger partial charge in [-0.2, -0.15) is 0 Å². The van der Waals surface area contributed by atoms with Gasteiger partial charge >= 0.3 is 5.97 Å². The fourth-order valence-corrected chi connectivity index (χ4v) is 4.33. The van der Waals surface area contributed by atoms with Crippen LogP contribution in [0.15, 0.2) is 18.2 Å². The number of halogens is 2. The predicted octanol–water partition coefficient (Wildman–Crippen LogP) is 4.85. The molecule has 2 aliphatic rings. The SMILES string of the molecule is CC1(C)C2CCC1(C)C(OC(=O)c1cc(Cl)ccc1F)C2. The lowest BCUT2D eigenvalue weighted by molar-refractivity contribution is -0.0245. The van der Waals surface area contributed by atoms with Crippen molar-refractivity contribution in [1.82, 2.24) is 0 Å². The first-order valence-corrected chi connectivity index (χ1v) is 7.79. The van der Waals surface area contributed by atoms with E-state index in [1.165, 1.54) is 24.6 Å². The monoisotopic (exact) mass is 310 g/mol. The third-order valence-corrected chi connectivity index (χ3v) is 6.35. The molecule has 114 valence electrons. The first-order chi connectivity index (χ1) is 9.75. The summed E-state index contributed by atoms with van der Waals surface area (Å²) in [4.78, 5) is 12.3. The van der Waals surface area contributed by atoms with E-state index in [2.05, 4.69) is 20.8 Å². The third-order valence-electron chi connectivity index (χ3n) is 6.11. The number of hydrogen-bond acceptors (Lipinski definition) is 2. The summed E-state index contributed by atoms with van der Waals surface area (Å²) in [5.41, 5.74) is 0.0550. The number of ether oxygens (including phenoxy) is 1. The van der Waals surface area contributed by atoms with E-state index in [1.54, 1.807) is 0 Å². The van der Waals surface area contributed by atoms with Gasteiger partial charge in [-0.1, -0.05) is 32.4 Å². The average molecular weight is 311 g/mol. The van der Waals surface area contributed by atoms with E-state index in [0.717, 1.165) is 12.8 Å². The highest BCUT2D eigenvalue weighted by molar-refractivity contribution is 6.30. The number of esters is 1. The lowest BCUT2D eigenvalue weighted by Gasteiger charge is -2.38. The van der Waals surface area contributed by atoms with Crippen LogP contribution in [0.2, 0.25) is 5.02 Å². The van der Waals surface area contributed by atoms with E-state index in [1.807, 2.05) is 0 Å². The van der Waals surface area contributed by atoms with Gasteiger partial charge in [0.15, 0.2) is 0 Å². The largest absolute Gasteiger partial charge is 0.458 e. The Morgan fingerprint density at radius 1 is 1.38 bits per heavy atom. The summed E-state index contributed by atoms with van der Waals surface area (Å²) in [7, 11) is 0. The summed E-state index contributed by atoms with van der Waals surface area (Å²) in [6.45, 7) is 6.68. The van der Waals surface area contributed by atoms with Gasteiger partial charge in [0.1, 0.15) is 11.9 Å². The average Bonchev–Trinajstić information content (AvgIpc) is 2.74.